The van der Waals surface area contributed by atoms with Crippen LogP contribution in [-0.2, 0) is 26.1 Å². The summed E-state index contributed by atoms with van der Waals surface area (Å²) in [5.74, 6) is 0.673. The summed E-state index contributed by atoms with van der Waals surface area (Å²) < 4.78 is 51.2. The Hall–Kier alpha value is -3.03. The number of aromatic nitrogens is 2. The lowest BCUT2D eigenvalue weighted by atomic mass is 9.92. The van der Waals surface area contributed by atoms with Crippen LogP contribution < -0.4 is 9.64 Å². The van der Waals surface area contributed by atoms with E-state index in [4.69, 9.17) is 20.9 Å². The van der Waals surface area contributed by atoms with Gasteiger partial charge in [-0.3, -0.25) is 14.1 Å². The smallest absolute Gasteiger partial charge is 0.264 e. The van der Waals surface area contributed by atoms with Crippen molar-refractivity contribution in [3.63, 3.8) is 0 Å². The monoisotopic (exact) mass is 651 g/mol. The number of carbonyl (C=O) groups excluding carboxylic acids is 2. The average molecular weight is 652 g/mol. The van der Waals surface area contributed by atoms with Crippen molar-refractivity contribution in [3.8, 4) is 5.75 Å². The number of hydrogen-bond acceptors (Lipinski definition) is 8. The summed E-state index contributed by atoms with van der Waals surface area (Å²) in [5, 5.41) is 0.525. The number of ether oxygens (including phenoxy) is 1. The van der Waals surface area contributed by atoms with E-state index in [0.29, 0.717) is 60.7 Å². The molecule has 240 valence electrons. The number of unbranched alkanes of at least 4 members (excludes halogenated alkanes) is 1. The first-order chi connectivity index (χ1) is 21.1. The molecule has 2 atom stereocenters. The lowest BCUT2D eigenvalue weighted by Crippen LogP contribution is -2.51. The first kappa shape index (κ1) is 32.4. The van der Waals surface area contributed by atoms with Crippen LogP contribution in [0.2, 0.25) is 5.02 Å². The lowest BCUT2D eigenvalue weighted by molar-refractivity contribution is -0.139. The predicted molar refractivity (Wildman–Crippen MR) is 163 cm³/mol. The van der Waals surface area contributed by atoms with Gasteiger partial charge < -0.3 is 19.4 Å². The number of piperazine rings is 1. The second kappa shape index (κ2) is 14.4. The molecule has 4 heterocycles. The molecule has 14 heteroatoms. The van der Waals surface area contributed by atoms with Gasteiger partial charge in [0.1, 0.15) is 11.6 Å². The van der Waals surface area contributed by atoms with Crippen LogP contribution in [0.3, 0.4) is 0 Å². The second-order valence-corrected chi connectivity index (χ2v) is 13.9. The molecule has 2 bridgehead atoms. The molecule has 3 saturated heterocycles. The van der Waals surface area contributed by atoms with Gasteiger partial charge in [0.15, 0.2) is 0 Å². The van der Waals surface area contributed by atoms with Gasteiger partial charge >= 0.3 is 0 Å². The Bertz CT molecular complexity index is 1420. The second-order valence-electron chi connectivity index (χ2n) is 11.9. The minimum absolute atomic E-state index is 0.0569. The van der Waals surface area contributed by atoms with Crippen molar-refractivity contribution in [2.45, 2.75) is 69.9 Å². The van der Waals surface area contributed by atoms with Crippen LogP contribution in [0.25, 0.3) is 0 Å². The Morgan fingerprint density at radius 3 is 2.34 bits per heavy atom. The number of halogens is 2. The van der Waals surface area contributed by atoms with Crippen LogP contribution in [0.5, 0.6) is 5.75 Å². The van der Waals surface area contributed by atoms with Crippen LogP contribution in [0.1, 0.15) is 56.9 Å². The molecule has 44 heavy (non-hydrogen) atoms. The van der Waals surface area contributed by atoms with E-state index >= 15 is 0 Å². The molecule has 0 spiro atoms. The van der Waals surface area contributed by atoms with E-state index in [9.17, 15) is 22.4 Å². The number of hydrogen-bond donors (Lipinski definition) is 1. The number of amides is 2. The average Bonchev–Trinajstić information content (AvgIpc) is 3.61. The minimum atomic E-state index is -4.03. The van der Waals surface area contributed by atoms with Gasteiger partial charge in [-0.1, -0.05) is 17.7 Å². The highest BCUT2D eigenvalue weighted by Gasteiger charge is 2.46. The third-order valence-electron chi connectivity index (χ3n) is 8.82. The maximum absolute atomic E-state index is 14.9. The Morgan fingerprint density at radius 2 is 1.70 bits per heavy atom. The lowest BCUT2D eigenvalue weighted by Gasteiger charge is -2.34. The number of carbonyl (C=O) groups is 2. The van der Waals surface area contributed by atoms with E-state index in [2.05, 4.69) is 14.9 Å². The standard InChI is InChI=1S/C30H39ClFN5O6S/c31-23-17-33-30(34-18-23)35-10-8-21(9-11-35)4-3-12-43-26-7-6-22(27(32)16-26)14-29(39)37-20-24-15-25(37)19-36(24)28(38)5-1-2-13-44(40,41)42/h6-7,16-18,21,24-25H,1-5,8-15,19-20H2,(H,40,41,42)/t24-,25-/m1/s1. The molecule has 3 aliphatic rings. The van der Waals surface area contributed by atoms with E-state index in [1.807, 2.05) is 0 Å². The highest BCUT2D eigenvalue weighted by atomic mass is 35.5. The Labute approximate surface area is 262 Å². The summed E-state index contributed by atoms with van der Waals surface area (Å²) in [6.07, 6.45) is 8.64. The highest BCUT2D eigenvalue weighted by molar-refractivity contribution is 7.85. The number of nitrogens with zero attached hydrogens (tertiary/aromatic N) is 5. The van der Waals surface area contributed by atoms with Crippen LogP contribution in [-0.4, -0.2) is 95.2 Å². The molecule has 0 radical (unpaired) electrons. The van der Waals surface area contributed by atoms with Crippen LogP contribution >= 0.6 is 11.6 Å². The summed E-state index contributed by atoms with van der Waals surface area (Å²) >= 11 is 5.88. The molecule has 1 aromatic heterocycles. The fraction of sp³-hybridized carbons (Fsp3) is 0.600. The van der Waals surface area contributed by atoms with Gasteiger partial charge in [-0.05, 0) is 62.5 Å². The largest absolute Gasteiger partial charge is 0.493 e. The molecule has 2 aromatic rings. The van der Waals surface area contributed by atoms with Gasteiger partial charge in [0.05, 0.1) is 48.3 Å². The van der Waals surface area contributed by atoms with E-state index in [-0.39, 0.29) is 48.9 Å². The summed E-state index contributed by atoms with van der Waals surface area (Å²) in [5.41, 5.74) is 0.313. The fourth-order valence-electron chi connectivity index (χ4n) is 6.46. The quantitative estimate of drug-likeness (QED) is 0.254. The normalized spacial score (nSPS) is 20.4. The Kier molecular flexibility index (Phi) is 10.6. The number of benzene rings is 1. The van der Waals surface area contributed by atoms with Crippen molar-refractivity contribution in [2.75, 3.05) is 43.4 Å². The van der Waals surface area contributed by atoms with Crippen LogP contribution in [0.4, 0.5) is 10.3 Å². The number of piperidine rings is 1. The van der Waals surface area contributed by atoms with Crippen molar-refractivity contribution >= 4 is 39.5 Å². The third-order valence-corrected chi connectivity index (χ3v) is 9.82. The van der Waals surface area contributed by atoms with Crippen LogP contribution in [0, 0.1) is 11.7 Å². The Morgan fingerprint density at radius 1 is 1.02 bits per heavy atom. The molecular formula is C30H39ClFN5O6S. The van der Waals surface area contributed by atoms with Gasteiger partial charge in [0.2, 0.25) is 17.8 Å². The molecule has 2 amide bonds. The van der Waals surface area contributed by atoms with Gasteiger partial charge in [-0.15, -0.1) is 0 Å². The maximum Gasteiger partial charge on any atom is 0.264 e. The molecule has 5 rings (SSSR count). The number of rotatable bonds is 13. The van der Waals surface area contributed by atoms with Crippen molar-refractivity contribution in [2.24, 2.45) is 5.92 Å². The zero-order valence-corrected chi connectivity index (χ0v) is 26.2. The molecule has 1 aromatic carbocycles. The molecule has 0 saturated carbocycles. The van der Waals surface area contributed by atoms with E-state index in [0.717, 1.165) is 38.8 Å². The number of anilines is 1. The van der Waals surface area contributed by atoms with Crippen LogP contribution in [0.15, 0.2) is 30.6 Å². The summed E-state index contributed by atoms with van der Waals surface area (Å²) in [6, 6.07) is 4.47. The van der Waals surface area contributed by atoms with Crippen molar-refractivity contribution in [3.05, 3.63) is 47.0 Å². The number of likely N-dealkylation sites (tertiary alicyclic amines) is 2. The van der Waals surface area contributed by atoms with Gasteiger partial charge in [0, 0.05) is 38.7 Å². The summed E-state index contributed by atoms with van der Waals surface area (Å²) in [6.45, 7) is 3.13. The molecule has 1 N–H and O–H groups in total. The predicted octanol–water partition coefficient (Wildman–Crippen LogP) is 3.76. The SMILES string of the molecule is O=C(CCCCS(=O)(=O)O)N1C[C@H]2C[C@@H]1CN2C(=O)Cc1ccc(OCCCC2CCN(c3ncc(Cl)cn3)CC2)cc1F. The topological polar surface area (TPSA) is 133 Å². The van der Waals surface area contributed by atoms with Gasteiger partial charge in [-0.25, -0.2) is 14.4 Å². The molecule has 3 aliphatic heterocycles. The summed E-state index contributed by atoms with van der Waals surface area (Å²) in [4.78, 5) is 39.9. The molecule has 0 unspecified atom stereocenters. The van der Waals surface area contributed by atoms with E-state index < -0.39 is 15.9 Å². The third kappa shape index (κ3) is 8.57. The maximum atomic E-state index is 14.9. The van der Waals surface area contributed by atoms with E-state index in [1.54, 1.807) is 34.3 Å². The highest BCUT2D eigenvalue weighted by Crippen LogP contribution is 2.32. The zero-order valence-electron chi connectivity index (χ0n) is 24.6. The van der Waals surface area contributed by atoms with Crippen molar-refractivity contribution < 1.29 is 31.7 Å². The Balaban J connectivity index is 0.992. The molecule has 11 nitrogen and oxygen atoms in total. The molecule has 3 fully saturated rings. The van der Waals surface area contributed by atoms with E-state index in [1.165, 1.54) is 6.07 Å². The molecule has 0 aliphatic carbocycles. The van der Waals surface area contributed by atoms with Gasteiger partial charge in [0.25, 0.3) is 10.1 Å². The molecular weight excluding hydrogens is 613 g/mol. The fourth-order valence-corrected chi connectivity index (χ4v) is 7.13. The summed E-state index contributed by atoms with van der Waals surface area (Å²) in [7, 11) is -4.03. The minimum Gasteiger partial charge on any atom is -0.493 e. The first-order valence-electron chi connectivity index (χ1n) is 15.2. The number of fused-ring (bicyclic) bond motifs is 2. The van der Waals surface area contributed by atoms with Gasteiger partial charge in [-0.2, -0.15) is 8.42 Å². The first-order valence-corrected chi connectivity index (χ1v) is 17.2. The van der Waals surface area contributed by atoms with Crippen molar-refractivity contribution in [1.29, 1.82) is 0 Å². The zero-order chi connectivity index (χ0) is 31.3. The van der Waals surface area contributed by atoms with Crippen molar-refractivity contribution in [1.82, 2.24) is 19.8 Å².